The molecule has 13 heteroatoms. The number of benzene rings is 4. The minimum absolute atomic E-state index is 0.0518. The van der Waals surface area contributed by atoms with Gasteiger partial charge in [-0.3, -0.25) is 14.9 Å². The number of rotatable bonds is 8. The zero-order valence-corrected chi connectivity index (χ0v) is 25.8. The highest BCUT2D eigenvalue weighted by Crippen LogP contribution is 2.36. The molecule has 0 bridgehead atoms. The zero-order valence-electron chi connectivity index (χ0n) is 22.7. The van der Waals surface area contributed by atoms with Gasteiger partial charge in [-0.25, -0.2) is 4.98 Å². The third-order valence-corrected chi connectivity index (χ3v) is 7.85. The Morgan fingerprint density at radius 2 is 1.86 bits per heavy atom. The van der Waals surface area contributed by atoms with E-state index in [2.05, 4.69) is 26.0 Å². The highest BCUT2D eigenvalue weighted by molar-refractivity contribution is 9.10. The van der Waals surface area contributed by atoms with Crippen LogP contribution in [0.15, 0.2) is 97.6 Å². The van der Waals surface area contributed by atoms with E-state index in [1.54, 1.807) is 79.9 Å². The Balaban J connectivity index is 1.50. The van der Waals surface area contributed by atoms with E-state index >= 15 is 0 Å². The van der Waals surface area contributed by atoms with Crippen LogP contribution in [-0.2, 0) is 6.61 Å². The first kappa shape index (κ1) is 29.4. The van der Waals surface area contributed by atoms with Crippen LogP contribution in [0.2, 0.25) is 10.0 Å². The molecule has 6 rings (SSSR count). The lowest BCUT2D eigenvalue weighted by molar-refractivity contribution is -0.386. The van der Waals surface area contributed by atoms with E-state index in [1.807, 2.05) is 0 Å². The molecule has 44 heavy (non-hydrogen) atoms. The van der Waals surface area contributed by atoms with Gasteiger partial charge in [-0.05, 0) is 54.1 Å². The van der Waals surface area contributed by atoms with Crippen LogP contribution >= 0.6 is 39.1 Å². The summed E-state index contributed by atoms with van der Waals surface area (Å²) in [6.07, 6.45) is 1.30. The minimum Gasteiger partial charge on any atom is -0.496 e. The highest BCUT2D eigenvalue weighted by atomic mass is 79.9. The number of nitro groups is 1. The van der Waals surface area contributed by atoms with Gasteiger partial charge in [0.25, 0.3) is 5.56 Å². The number of fused-ring (bicyclic) bond motifs is 2. The Labute approximate surface area is 267 Å². The van der Waals surface area contributed by atoms with Crippen LogP contribution in [0, 0.1) is 10.1 Å². The second kappa shape index (κ2) is 12.1. The summed E-state index contributed by atoms with van der Waals surface area (Å²) < 4.78 is 19.0. The van der Waals surface area contributed by atoms with Crippen molar-refractivity contribution >= 4 is 72.9 Å². The molecule has 0 amide bonds. The van der Waals surface area contributed by atoms with Crippen LogP contribution in [0.25, 0.3) is 33.5 Å². The molecule has 2 aromatic heterocycles. The van der Waals surface area contributed by atoms with Crippen molar-refractivity contribution in [3.63, 3.8) is 0 Å². The van der Waals surface area contributed by atoms with Gasteiger partial charge in [0.1, 0.15) is 17.9 Å². The lowest BCUT2D eigenvalue weighted by Crippen LogP contribution is -2.20. The molecule has 4 aromatic carbocycles. The van der Waals surface area contributed by atoms with Crippen LogP contribution in [-0.4, -0.2) is 27.9 Å². The molecule has 0 unspecified atom stereocenters. The average molecular weight is 694 g/mol. The SMILES string of the molecule is COc1cccc2oc(-c3nc4ccccc4c(=O)n3N=Cc3cc(Br)cc([N+](=O)[O-])c3OCc3ccc(Cl)c(Cl)c3)cc12. The smallest absolute Gasteiger partial charge is 0.312 e. The number of halogens is 3. The van der Waals surface area contributed by atoms with E-state index in [0.29, 0.717) is 47.7 Å². The fraction of sp³-hybridized carbons (Fsp3) is 0.0645. The van der Waals surface area contributed by atoms with Gasteiger partial charge in [0.2, 0.25) is 11.6 Å². The largest absolute Gasteiger partial charge is 0.496 e. The normalized spacial score (nSPS) is 11.5. The molecule has 0 aliphatic rings. The maximum absolute atomic E-state index is 13.8. The first-order valence-corrected chi connectivity index (χ1v) is 14.5. The van der Waals surface area contributed by atoms with E-state index in [9.17, 15) is 14.9 Å². The summed E-state index contributed by atoms with van der Waals surface area (Å²) >= 11 is 15.5. The van der Waals surface area contributed by atoms with Gasteiger partial charge in [0.05, 0.1) is 44.6 Å². The molecule has 0 aliphatic carbocycles. The monoisotopic (exact) mass is 692 g/mol. The third kappa shape index (κ3) is 5.64. The van der Waals surface area contributed by atoms with Crippen LogP contribution < -0.4 is 15.0 Å². The molecule has 0 aliphatic heterocycles. The zero-order chi connectivity index (χ0) is 31.0. The maximum Gasteiger partial charge on any atom is 0.312 e. The summed E-state index contributed by atoms with van der Waals surface area (Å²) in [5.74, 6) is 0.900. The number of aromatic nitrogens is 2. The fourth-order valence-corrected chi connectivity index (χ4v) is 5.39. The molecule has 6 aromatic rings. The topological polar surface area (TPSA) is 122 Å². The molecule has 0 fully saturated rings. The van der Waals surface area contributed by atoms with E-state index < -0.39 is 10.5 Å². The maximum atomic E-state index is 13.8. The second-order valence-electron chi connectivity index (χ2n) is 9.43. The Bertz CT molecular complexity index is 2180. The van der Waals surface area contributed by atoms with Crippen molar-refractivity contribution in [1.82, 2.24) is 9.66 Å². The lowest BCUT2D eigenvalue weighted by Gasteiger charge is -2.12. The van der Waals surface area contributed by atoms with Crippen LogP contribution in [0.5, 0.6) is 11.5 Å². The Kier molecular flexibility index (Phi) is 8.09. The number of nitro benzene ring substituents is 1. The number of hydrogen-bond donors (Lipinski definition) is 0. The van der Waals surface area contributed by atoms with Crippen LogP contribution in [0.1, 0.15) is 11.1 Å². The molecule has 2 heterocycles. The van der Waals surface area contributed by atoms with Gasteiger partial charge < -0.3 is 13.9 Å². The van der Waals surface area contributed by atoms with E-state index in [1.165, 1.54) is 12.3 Å². The fourth-order valence-electron chi connectivity index (χ4n) is 4.61. The molecule has 220 valence electrons. The molecule has 0 saturated heterocycles. The first-order valence-electron chi connectivity index (χ1n) is 12.9. The number of para-hydroxylation sites is 1. The summed E-state index contributed by atoms with van der Waals surface area (Å²) in [7, 11) is 1.55. The first-order chi connectivity index (χ1) is 21.2. The summed E-state index contributed by atoms with van der Waals surface area (Å²) in [5.41, 5.74) is 1.04. The van der Waals surface area contributed by atoms with Crippen molar-refractivity contribution < 1.29 is 18.8 Å². The van der Waals surface area contributed by atoms with Gasteiger partial charge in [-0.2, -0.15) is 9.78 Å². The lowest BCUT2D eigenvalue weighted by atomic mass is 10.2. The summed E-state index contributed by atoms with van der Waals surface area (Å²) in [4.78, 5) is 29.9. The number of hydrogen-bond acceptors (Lipinski definition) is 8. The predicted molar refractivity (Wildman–Crippen MR) is 172 cm³/mol. The minimum atomic E-state index is -0.566. The molecule has 10 nitrogen and oxygen atoms in total. The molecule has 0 radical (unpaired) electrons. The number of methoxy groups -OCH3 is 1. The summed E-state index contributed by atoms with van der Waals surface area (Å²) in [5, 5.41) is 18.2. The van der Waals surface area contributed by atoms with Gasteiger partial charge >= 0.3 is 5.69 Å². The average Bonchev–Trinajstić information content (AvgIpc) is 3.46. The number of nitrogens with zero attached hydrogens (tertiary/aromatic N) is 4. The summed E-state index contributed by atoms with van der Waals surface area (Å²) in [6.45, 7) is -0.0518. The van der Waals surface area contributed by atoms with E-state index in [-0.39, 0.29) is 35.2 Å². The Morgan fingerprint density at radius 3 is 2.64 bits per heavy atom. The molecule has 0 N–H and O–H groups in total. The van der Waals surface area contributed by atoms with Crippen molar-refractivity contribution in [3.8, 4) is 23.1 Å². The standard InChI is InChI=1S/C31H19BrCl2N4O6/c1-42-26-7-4-8-27-21(26)14-28(44-27)30-36-24-6-3-2-5-20(24)31(39)37(30)35-15-18-12-19(32)13-25(38(40)41)29(18)43-16-17-9-10-22(33)23(34)11-17/h2-15H,16H2,1H3. The van der Waals surface area contributed by atoms with Gasteiger partial charge in [0.15, 0.2) is 5.76 Å². The summed E-state index contributed by atoms with van der Waals surface area (Å²) in [6, 6.07) is 21.7. The van der Waals surface area contributed by atoms with Crippen LogP contribution in [0.3, 0.4) is 0 Å². The molecule has 0 spiro atoms. The van der Waals surface area contributed by atoms with Crippen molar-refractivity contribution in [2.45, 2.75) is 6.61 Å². The van der Waals surface area contributed by atoms with Crippen molar-refractivity contribution in [1.29, 1.82) is 0 Å². The van der Waals surface area contributed by atoms with Gasteiger partial charge in [-0.15, -0.1) is 0 Å². The number of ether oxygens (including phenoxy) is 2. The quantitative estimate of drug-likeness (QED) is 0.0894. The van der Waals surface area contributed by atoms with E-state index in [4.69, 9.17) is 37.1 Å². The van der Waals surface area contributed by atoms with Crippen LogP contribution in [0.4, 0.5) is 5.69 Å². The molecule has 0 atom stereocenters. The van der Waals surface area contributed by atoms with Crippen molar-refractivity contribution in [2.24, 2.45) is 5.10 Å². The van der Waals surface area contributed by atoms with Crippen molar-refractivity contribution in [2.75, 3.05) is 7.11 Å². The Morgan fingerprint density at radius 1 is 1.05 bits per heavy atom. The molecular weight excluding hydrogens is 675 g/mol. The number of furan rings is 1. The van der Waals surface area contributed by atoms with Crippen molar-refractivity contribution in [3.05, 3.63) is 125 Å². The molecule has 0 saturated carbocycles. The second-order valence-corrected chi connectivity index (χ2v) is 11.2. The Hall–Kier alpha value is -4.71. The highest BCUT2D eigenvalue weighted by Gasteiger charge is 2.22. The van der Waals surface area contributed by atoms with Gasteiger partial charge in [-0.1, -0.05) is 63.4 Å². The third-order valence-electron chi connectivity index (χ3n) is 6.65. The van der Waals surface area contributed by atoms with E-state index in [0.717, 1.165) is 4.68 Å². The van der Waals surface area contributed by atoms with Gasteiger partial charge in [0, 0.05) is 16.1 Å². The predicted octanol–water partition coefficient (Wildman–Crippen LogP) is 8.26. The molecular formula is C31H19BrCl2N4O6.